The third-order valence-corrected chi connectivity index (χ3v) is 6.13. The first kappa shape index (κ1) is 16.3. The number of thiophene rings is 1. The molecule has 114 valence electrons. The molecule has 2 N–H and O–H groups in total. The summed E-state index contributed by atoms with van der Waals surface area (Å²) >= 11 is 4.56. The monoisotopic (exact) mass is 391 g/mol. The molecule has 0 amide bonds. The molecular weight excluding hydrogens is 378 g/mol. The van der Waals surface area contributed by atoms with Gasteiger partial charge in [-0.25, -0.2) is 8.42 Å². The second-order valence-corrected chi connectivity index (χ2v) is 8.09. The van der Waals surface area contributed by atoms with Crippen LogP contribution >= 0.6 is 27.3 Å². The second-order valence-electron chi connectivity index (χ2n) is 4.24. The number of nitrogens with one attached hydrogen (secondary N) is 1. The van der Waals surface area contributed by atoms with E-state index in [2.05, 4.69) is 20.7 Å². The Morgan fingerprint density at radius 1 is 1.38 bits per heavy atom. The molecule has 0 saturated carbocycles. The minimum Gasteiger partial charge on any atom is -0.497 e. The third-order valence-electron chi connectivity index (χ3n) is 2.79. The maximum absolute atomic E-state index is 12.5. The van der Waals surface area contributed by atoms with Crippen LogP contribution in [0.15, 0.2) is 33.6 Å². The summed E-state index contributed by atoms with van der Waals surface area (Å²) in [7, 11) is -2.21. The van der Waals surface area contributed by atoms with Gasteiger partial charge >= 0.3 is 0 Å². The van der Waals surface area contributed by atoms with Gasteiger partial charge in [0.05, 0.1) is 19.4 Å². The van der Waals surface area contributed by atoms with Crippen molar-refractivity contribution >= 4 is 43.0 Å². The van der Waals surface area contributed by atoms with Crippen LogP contribution in [0.4, 0.5) is 5.69 Å². The zero-order chi connectivity index (χ0) is 15.6. The average Bonchev–Trinajstić information content (AvgIpc) is 2.83. The lowest BCUT2D eigenvalue weighted by Crippen LogP contribution is -2.13. The Balaban J connectivity index is 2.39. The fourth-order valence-corrected chi connectivity index (χ4v) is 4.82. The summed E-state index contributed by atoms with van der Waals surface area (Å²) in [6.45, 7) is 1.53. The topological polar surface area (TPSA) is 75.6 Å². The second kappa shape index (κ2) is 6.35. The van der Waals surface area contributed by atoms with Crippen LogP contribution in [0.1, 0.15) is 9.75 Å². The van der Waals surface area contributed by atoms with E-state index in [9.17, 15) is 8.42 Å². The number of rotatable bonds is 5. The molecule has 0 atom stereocenters. The van der Waals surface area contributed by atoms with Gasteiger partial charge in [-0.1, -0.05) is 0 Å². The van der Waals surface area contributed by atoms with Crippen LogP contribution in [-0.2, 0) is 16.6 Å². The molecule has 1 heterocycles. The number of methoxy groups -OCH3 is 1. The van der Waals surface area contributed by atoms with Gasteiger partial charge in [-0.05, 0) is 41.1 Å². The largest absolute Gasteiger partial charge is 0.497 e. The van der Waals surface area contributed by atoms with E-state index in [1.165, 1.54) is 24.5 Å². The molecule has 0 unspecified atom stereocenters. The van der Waals surface area contributed by atoms with E-state index in [1.54, 1.807) is 25.1 Å². The van der Waals surface area contributed by atoms with Gasteiger partial charge < -0.3 is 9.84 Å². The summed E-state index contributed by atoms with van der Waals surface area (Å²) in [4.78, 5) is 1.41. The first-order chi connectivity index (χ1) is 9.87. The number of hydrogen-bond donors (Lipinski definition) is 2. The molecule has 0 aliphatic heterocycles. The molecule has 0 spiro atoms. The quantitative estimate of drug-likeness (QED) is 0.820. The highest BCUT2D eigenvalue weighted by Gasteiger charge is 2.21. The number of sulfonamides is 1. The molecule has 0 aliphatic carbocycles. The molecule has 0 bridgehead atoms. The zero-order valence-corrected chi connectivity index (χ0v) is 14.6. The summed E-state index contributed by atoms with van der Waals surface area (Å²) < 4.78 is 33.1. The van der Waals surface area contributed by atoms with Crippen molar-refractivity contribution in [2.75, 3.05) is 11.8 Å². The van der Waals surface area contributed by atoms with Crippen molar-refractivity contribution < 1.29 is 18.3 Å². The lowest BCUT2D eigenvalue weighted by Gasteiger charge is -2.11. The van der Waals surface area contributed by atoms with Crippen molar-refractivity contribution in [2.45, 2.75) is 18.4 Å². The Morgan fingerprint density at radius 3 is 2.67 bits per heavy atom. The number of hydrogen-bond acceptors (Lipinski definition) is 5. The standard InChI is InChI=1S/C13H14BrNO4S2/c1-8-13(6-10(7-16)20-8)21(17,18)15-12-5-9(19-2)3-4-11(12)14/h3-6,15-16H,7H2,1-2H3. The average molecular weight is 392 g/mol. The van der Waals surface area contributed by atoms with Crippen molar-refractivity contribution in [1.82, 2.24) is 0 Å². The Morgan fingerprint density at radius 2 is 2.10 bits per heavy atom. The molecule has 5 nitrogen and oxygen atoms in total. The van der Waals surface area contributed by atoms with Gasteiger partial charge in [0.15, 0.2) is 0 Å². The van der Waals surface area contributed by atoms with E-state index in [-0.39, 0.29) is 11.5 Å². The van der Waals surface area contributed by atoms with Crippen LogP contribution < -0.4 is 9.46 Å². The Bertz CT molecular complexity index is 756. The molecule has 0 radical (unpaired) electrons. The summed E-state index contributed by atoms with van der Waals surface area (Å²) in [6, 6.07) is 6.50. The maximum atomic E-state index is 12.5. The minimum atomic E-state index is -3.72. The van der Waals surface area contributed by atoms with Crippen molar-refractivity contribution in [3.05, 3.63) is 38.5 Å². The fourth-order valence-electron chi connectivity index (χ4n) is 1.78. The molecule has 21 heavy (non-hydrogen) atoms. The summed E-state index contributed by atoms with van der Waals surface area (Å²) in [6.07, 6.45) is 0. The van der Waals surface area contributed by atoms with Crippen LogP contribution in [0.3, 0.4) is 0 Å². The van der Waals surface area contributed by atoms with Crippen LogP contribution in [0, 0.1) is 6.92 Å². The third kappa shape index (κ3) is 3.57. The van der Waals surface area contributed by atoms with Gasteiger partial charge in [-0.3, -0.25) is 4.72 Å². The highest BCUT2D eigenvalue weighted by atomic mass is 79.9. The number of anilines is 1. The molecule has 2 aromatic rings. The van der Waals surface area contributed by atoms with E-state index in [0.29, 0.717) is 25.7 Å². The highest BCUT2D eigenvalue weighted by molar-refractivity contribution is 9.10. The minimum absolute atomic E-state index is 0.172. The molecule has 0 saturated heterocycles. The van der Waals surface area contributed by atoms with Crippen LogP contribution in [-0.4, -0.2) is 20.6 Å². The van der Waals surface area contributed by atoms with Crippen LogP contribution in [0.25, 0.3) is 0 Å². The molecular formula is C13H14BrNO4S2. The van der Waals surface area contributed by atoms with Gasteiger partial charge in [-0.15, -0.1) is 11.3 Å². The summed E-state index contributed by atoms with van der Waals surface area (Å²) in [5, 5.41) is 9.11. The number of aliphatic hydroxyl groups is 1. The van der Waals surface area contributed by atoms with Crippen molar-refractivity contribution in [2.24, 2.45) is 0 Å². The summed E-state index contributed by atoms with van der Waals surface area (Å²) in [5.41, 5.74) is 0.394. The van der Waals surface area contributed by atoms with E-state index in [0.717, 1.165) is 0 Å². The van der Waals surface area contributed by atoms with Crippen LogP contribution in [0.2, 0.25) is 0 Å². The van der Waals surface area contributed by atoms with Crippen molar-refractivity contribution in [3.63, 3.8) is 0 Å². The smallest absolute Gasteiger partial charge is 0.263 e. The highest BCUT2D eigenvalue weighted by Crippen LogP contribution is 2.31. The Hall–Kier alpha value is -1.09. The molecule has 1 aromatic heterocycles. The van der Waals surface area contributed by atoms with Crippen LogP contribution in [0.5, 0.6) is 5.75 Å². The molecule has 1 aromatic carbocycles. The van der Waals surface area contributed by atoms with Gasteiger partial charge in [0, 0.05) is 20.3 Å². The van der Waals surface area contributed by atoms with E-state index in [4.69, 9.17) is 9.84 Å². The predicted octanol–water partition coefficient (Wildman–Crippen LogP) is 3.12. The van der Waals surface area contributed by atoms with Gasteiger partial charge in [0.2, 0.25) is 0 Å². The van der Waals surface area contributed by atoms with Gasteiger partial charge in [0.25, 0.3) is 10.0 Å². The Labute approximate surface area is 135 Å². The maximum Gasteiger partial charge on any atom is 0.263 e. The first-order valence-electron chi connectivity index (χ1n) is 5.94. The predicted molar refractivity (Wildman–Crippen MR) is 86.5 cm³/mol. The van der Waals surface area contributed by atoms with E-state index >= 15 is 0 Å². The summed E-state index contributed by atoms with van der Waals surface area (Å²) in [5.74, 6) is 0.550. The number of benzene rings is 1. The number of ether oxygens (including phenoxy) is 1. The van der Waals surface area contributed by atoms with Crippen molar-refractivity contribution in [1.29, 1.82) is 0 Å². The lowest BCUT2D eigenvalue weighted by atomic mass is 10.3. The normalized spacial score (nSPS) is 11.4. The lowest BCUT2D eigenvalue weighted by molar-refractivity contribution is 0.285. The van der Waals surface area contributed by atoms with Gasteiger partial charge in [0.1, 0.15) is 10.6 Å². The van der Waals surface area contributed by atoms with Gasteiger partial charge in [-0.2, -0.15) is 0 Å². The van der Waals surface area contributed by atoms with E-state index < -0.39 is 10.0 Å². The fraction of sp³-hybridized carbons (Fsp3) is 0.231. The number of aryl methyl sites for hydroxylation is 1. The molecule has 0 aliphatic rings. The van der Waals surface area contributed by atoms with E-state index in [1.807, 2.05) is 0 Å². The molecule has 8 heteroatoms. The first-order valence-corrected chi connectivity index (χ1v) is 9.03. The Kier molecular flexibility index (Phi) is 4.92. The number of halogens is 1. The van der Waals surface area contributed by atoms with Crippen molar-refractivity contribution in [3.8, 4) is 5.75 Å². The molecule has 0 fully saturated rings. The molecule has 2 rings (SSSR count). The SMILES string of the molecule is COc1ccc(Br)c(NS(=O)(=O)c2cc(CO)sc2C)c1. The number of aliphatic hydroxyl groups excluding tert-OH is 1. The zero-order valence-electron chi connectivity index (χ0n) is 11.4.